The lowest BCUT2D eigenvalue weighted by atomic mass is 9.97. The Labute approximate surface area is 141 Å². The fourth-order valence-electron chi connectivity index (χ4n) is 3.12. The van der Waals surface area contributed by atoms with Crippen LogP contribution < -0.4 is 16.0 Å². The van der Waals surface area contributed by atoms with Gasteiger partial charge in [-0.1, -0.05) is 29.8 Å². The van der Waals surface area contributed by atoms with Crippen LogP contribution in [0.15, 0.2) is 48.5 Å². The van der Waals surface area contributed by atoms with Crippen molar-refractivity contribution in [3.8, 4) is 0 Å². The Balaban J connectivity index is 1.73. The molecule has 0 bridgehead atoms. The molecule has 3 N–H and O–H groups in total. The molecule has 1 aliphatic rings. The molecule has 1 fully saturated rings. The summed E-state index contributed by atoms with van der Waals surface area (Å²) in [7, 11) is 0. The topological polar surface area (TPSA) is 53.2 Å². The summed E-state index contributed by atoms with van der Waals surface area (Å²) in [5.74, 6) is -0.325. The Morgan fingerprint density at radius 1 is 1.25 bits per heavy atom. The van der Waals surface area contributed by atoms with Gasteiger partial charge in [0.1, 0.15) is 5.82 Å². The van der Waals surface area contributed by atoms with E-state index in [0.29, 0.717) is 5.69 Å². The summed E-state index contributed by atoms with van der Waals surface area (Å²) in [5.41, 5.74) is 2.82. The summed E-state index contributed by atoms with van der Waals surface area (Å²) in [6.45, 7) is 3.01. The third-order valence-corrected chi connectivity index (χ3v) is 4.29. The molecule has 1 unspecified atom stereocenters. The van der Waals surface area contributed by atoms with Gasteiger partial charge in [-0.3, -0.25) is 0 Å². The Kier molecular flexibility index (Phi) is 5.11. The second-order valence-electron chi connectivity index (χ2n) is 6.20. The fraction of sp³-hybridized carbons (Fsp3) is 0.316. The third-order valence-electron chi connectivity index (χ3n) is 4.29. The Hall–Kier alpha value is -2.40. The summed E-state index contributed by atoms with van der Waals surface area (Å²) >= 11 is 0. The molecule has 0 aliphatic carbocycles. The smallest absolute Gasteiger partial charge is 0.319 e. The average Bonchev–Trinajstić information content (AvgIpc) is 3.09. The molecule has 24 heavy (non-hydrogen) atoms. The molecular formula is C19H22FN3O. The van der Waals surface area contributed by atoms with Crippen molar-refractivity contribution < 1.29 is 9.18 Å². The van der Waals surface area contributed by atoms with Crippen molar-refractivity contribution in [2.75, 3.05) is 11.9 Å². The van der Waals surface area contributed by atoms with Gasteiger partial charge in [-0.2, -0.15) is 0 Å². The lowest BCUT2D eigenvalue weighted by Crippen LogP contribution is -2.42. The first-order valence-corrected chi connectivity index (χ1v) is 8.25. The fourth-order valence-corrected chi connectivity index (χ4v) is 3.12. The van der Waals surface area contributed by atoms with E-state index >= 15 is 0 Å². The summed E-state index contributed by atoms with van der Waals surface area (Å²) in [4.78, 5) is 12.4. The van der Waals surface area contributed by atoms with E-state index in [2.05, 4.69) is 22.0 Å². The van der Waals surface area contributed by atoms with E-state index in [0.717, 1.165) is 30.5 Å². The van der Waals surface area contributed by atoms with Gasteiger partial charge in [0.15, 0.2) is 0 Å². The van der Waals surface area contributed by atoms with Gasteiger partial charge in [0.25, 0.3) is 0 Å². The number of amides is 2. The number of carbonyl (C=O) groups excluding carboxylic acids is 1. The minimum absolute atomic E-state index is 0.104. The first-order valence-electron chi connectivity index (χ1n) is 8.25. The molecule has 5 heteroatoms. The molecule has 1 heterocycles. The summed E-state index contributed by atoms with van der Waals surface area (Å²) in [6, 6.07) is 13.7. The Morgan fingerprint density at radius 2 is 2.04 bits per heavy atom. The summed E-state index contributed by atoms with van der Waals surface area (Å²) in [5, 5.41) is 9.28. The number of hydrogen-bond acceptors (Lipinski definition) is 2. The van der Waals surface area contributed by atoms with Crippen molar-refractivity contribution in [2.24, 2.45) is 0 Å². The van der Waals surface area contributed by atoms with Crippen LogP contribution in [0, 0.1) is 12.7 Å². The Bertz CT molecular complexity index is 696. The van der Waals surface area contributed by atoms with E-state index < -0.39 is 0 Å². The number of benzene rings is 2. The number of carbonyl (C=O) groups is 1. The molecule has 3 rings (SSSR count). The van der Waals surface area contributed by atoms with Gasteiger partial charge in [0.2, 0.25) is 0 Å². The minimum Gasteiger partial charge on any atom is -0.329 e. The second-order valence-corrected chi connectivity index (χ2v) is 6.20. The van der Waals surface area contributed by atoms with E-state index in [9.17, 15) is 9.18 Å². The van der Waals surface area contributed by atoms with Crippen molar-refractivity contribution in [1.29, 1.82) is 0 Å². The maximum atomic E-state index is 13.0. The molecule has 1 saturated heterocycles. The van der Waals surface area contributed by atoms with Gasteiger partial charge in [-0.05, 0) is 56.1 Å². The highest BCUT2D eigenvalue weighted by atomic mass is 19.1. The number of urea groups is 1. The highest BCUT2D eigenvalue weighted by Crippen LogP contribution is 2.24. The van der Waals surface area contributed by atoms with Crippen LogP contribution in [-0.2, 0) is 0 Å². The summed E-state index contributed by atoms with van der Waals surface area (Å²) < 4.78 is 13.0. The summed E-state index contributed by atoms with van der Waals surface area (Å²) in [6.07, 6.45) is 2.13. The van der Waals surface area contributed by atoms with Gasteiger partial charge in [0.05, 0.1) is 6.04 Å². The molecule has 0 aromatic heterocycles. The zero-order valence-corrected chi connectivity index (χ0v) is 13.7. The predicted molar refractivity (Wildman–Crippen MR) is 93.5 cm³/mol. The highest BCUT2D eigenvalue weighted by Gasteiger charge is 2.27. The van der Waals surface area contributed by atoms with E-state index in [4.69, 9.17) is 0 Å². The van der Waals surface area contributed by atoms with Crippen LogP contribution in [0.25, 0.3) is 0 Å². The largest absolute Gasteiger partial charge is 0.329 e. The number of hydrogen-bond donors (Lipinski definition) is 3. The minimum atomic E-state index is -0.325. The lowest BCUT2D eigenvalue weighted by Gasteiger charge is -2.26. The van der Waals surface area contributed by atoms with Crippen LogP contribution in [0.2, 0.25) is 0 Å². The number of aryl methyl sites for hydroxylation is 1. The highest BCUT2D eigenvalue weighted by molar-refractivity contribution is 5.89. The van der Waals surface area contributed by atoms with Gasteiger partial charge in [-0.15, -0.1) is 0 Å². The molecular weight excluding hydrogens is 305 g/mol. The molecule has 4 nitrogen and oxygen atoms in total. The number of rotatable bonds is 4. The van der Waals surface area contributed by atoms with Gasteiger partial charge in [-0.25, -0.2) is 9.18 Å². The van der Waals surface area contributed by atoms with Crippen LogP contribution in [0.1, 0.15) is 30.0 Å². The van der Waals surface area contributed by atoms with Crippen molar-refractivity contribution >= 4 is 11.7 Å². The first-order chi connectivity index (χ1) is 11.6. The second kappa shape index (κ2) is 7.45. The molecule has 2 aromatic carbocycles. The van der Waals surface area contributed by atoms with Crippen LogP contribution in [0.4, 0.5) is 14.9 Å². The SMILES string of the molecule is Cc1cccc([C@@H](NC(=O)Nc2ccc(F)cc2)C2CCCN2)c1. The Morgan fingerprint density at radius 3 is 2.71 bits per heavy atom. The van der Waals surface area contributed by atoms with Crippen molar-refractivity contribution in [2.45, 2.75) is 31.8 Å². The van der Waals surface area contributed by atoms with Crippen molar-refractivity contribution in [3.63, 3.8) is 0 Å². The van der Waals surface area contributed by atoms with Crippen LogP contribution in [0.3, 0.4) is 0 Å². The van der Waals surface area contributed by atoms with E-state index in [1.807, 2.05) is 25.1 Å². The monoisotopic (exact) mass is 327 g/mol. The zero-order chi connectivity index (χ0) is 16.9. The molecule has 0 radical (unpaired) electrons. The predicted octanol–water partition coefficient (Wildman–Crippen LogP) is 3.75. The van der Waals surface area contributed by atoms with Crippen LogP contribution in [0.5, 0.6) is 0 Å². The number of halogens is 1. The molecule has 2 aromatic rings. The molecule has 1 aliphatic heterocycles. The van der Waals surface area contributed by atoms with Crippen molar-refractivity contribution in [1.82, 2.24) is 10.6 Å². The number of nitrogens with one attached hydrogen (secondary N) is 3. The molecule has 0 saturated carbocycles. The average molecular weight is 327 g/mol. The normalized spacial score (nSPS) is 18.2. The standard InChI is InChI=1S/C19H22FN3O/c1-13-4-2-5-14(12-13)18(17-6-3-11-21-17)23-19(24)22-16-9-7-15(20)8-10-16/h2,4-5,7-10,12,17-18,21H,3,6,11H2,1H3,(H2,22,23,24)/t17?,18-/m1/s1. The molecule has 2 amide bonds. The van der Waals surface area contributed by atoms with E-state index in [1.165, 1.54) is 12.1 Å². The van der Waals surface area contributed by atoms with Gasteiger partial charge < -0.3 is 16.0 Å². The molecule has 2 atom stereocenters. The third kappa shape index (κ3) is 4.11. The maximum Gasteiger partial charge on any atom is 0.319 e. The zero-order valence-electron chi connectivity index (χ0n) is 13.7. The number of anilines is 1. The van der Waals surface area contributed by atoms with E-state index in [-0.39, 0.29) is 23.9 Å². The lowest BCUT2D eigenvalue weighted by molar-refractivity contribution is 0.245. The molecule has 0 spiro atoms. The first kappa shape index (κ1) is 16.5. The quantitative estimate of drug-likeness (QED) is 0.801. The van der Waals surface area contributed by atoms with Crippen LogP contribution in [-0.4, -0.2) is 18.6 Å². The van der Waals surface area contributed by atoms with E-state index in [1.54, 1.807) is 12.1 Å². The molecule has 126 valence electrons. The van der Waals surface area contributed by atoms with Crippen LogP contribution >= 0.6 is 0 Å². The van der Waals surface area contributed by atoms with Gasteiger partial charge in [0, 0.05) is 11.7 Å². The van der Waals surface area contributed by atoms with Crippen molar-refractivity contribution in [3.05, 3.63) is 65.5 Å². The maximum absolute atomic E-state index is 13.0. The van der Waals surface area contributed by atoms with Gasteiger partial charge >= 0.3 is 6.03 Å².